The predicted molar refractivity (Wildman–Crippen MR) is 135 cm³/mol. The lowest BCUT2D eigenvalue weighted by molar-refractivity contribution is -0.116. The molecule has 1 aliphatic rings. The lowest BCUT2D eigenvalue weighted by atomic mass is 10.0. The van der Waals surface area contributed by atoms with E-state index >= 15 is 0 Å². The zero-order valence-corrected chi connectivity index (χ0v) is 20.1. The number of fused-ring (bicyclic) bond motifs is 1. The summed E-state index contributed by atoms with van der Waals surface area (Å²) in [6.45, 7) is 1.96. The van der Waals surface area contributed by atoms with Crippen molar-refractivity contribution in [2.24, 2.45) is 0 Å². The van der Waals surface area contributed by atoms with Gasteiger partial charge in [0.1, 0.15) is 11.0 Å². The molecule has 5 rings (SSSR count). The number of nitrogens with one attached hydrogen (secondary N) is 2. The Labute approximate surface area is 206 Å². The average Bonchev–Trinajstić information content (AvgIpc) is 3.28. The third-order valence-electron chi connectivity index (χ3n) is 5.66. The Kier molecular flexibility index (Phi) is 6.17. The number of carbonyl (C=O) groups is 1. The molecular formula is C25H22ClN5O2S. The molecule has 0 saturated heterocycles. The molecule has 2 N–H and O–H groups in total. The summed E-state index contributed by atoms with van der Waals surface area (Å²) >= 11 is 7.81. The number of halogens is 1. The Morgan fingerprint density at radius 1 is 1.09 bits per heavy atom. The number of thioether (sulfide) groups is 1. The van der Waals surface area contributed by atoms with E-state index in [1.807, 2.05) is 78.3 Å². The largest absolute Gasteiger partial charge is 0.495 e. The maximum absolute atomic E-state index is 13.5. The van der Waals surface area contributed by atoms with Gasteiger partial charge in [0.15, 0.2) is 5.82 Å². The van der Waals surface area contributed by atoms with Crippen molar-refractivity contribution in [3.63, 3.8) is 0 Å². The Balaban J connectivity index is 1.54. The van der Waals surface area contributed by atoms with E-state index in [1.54, 1.807) is 13.2 Å². The van der Waals surface area contributed by atoms with Crippen LogP contribution in [-0.4, -0.2) is 33.1 Å². The molecule has 1 amide bonds. The molecule has 9 heteroatoms. The van der Waals surface area contributed by atoms with Gasteiger partial charge < -0.3 is 15.5 Å². The topological polar surface area (TPSA) is 81.1 Å². The maximum Gasteiger partial charge on any atom is 0.240 e. The molecule has 0 bridgehead atoms. The minimum absolute atomic E-state index is 0.140. The Bertz CT molecular complexity index is 1340. The number of amides is 1. The van der Waals surface area contributed by atoms with Gasteiger partial charge in [-0.05, 0) is 36.2 Å². The van der Waals surface area contributed by atoms with Crippen molar-refractivity contribution in [3.8, 4) is 17.1 Å². The first kappa shape index (κ1) is 22.3. The van der Waals surface area contributed by atoms with E-state index in [4.69, 9.17) is 16.3 Å². The third kappa shape index (κ3) is 4.22. The molecule has 0 spiro atoms. The second-order valence-corrected chi connectivity index (χ2v) is 9.37. The Hall–Kier alpha value is -3.49. The molecule has 0 fully saturated rings. The SMILES string of the molecule is COc1ccc([C@H]2Nn3c(nnc3-c3ccccc3)S[C@H]2C(=O)Nc2ccccc2C)cc1Cl. The van der Waals surface area contributed by atoms with E-state index in [1.165, 1.54) is 11.8 Å². The van der Waals surface area contributed by atoms with E-state index in [0.717, 1.165) is 22.4 Å². The Morgan fingerprint density at radius 3 is 2.59 bits per heavy atom. The summed E-state index contributed by atoms with van der Waals surface area (Å²) in [5.41, 5.74) is 7.00. The van der Waals surface area contributed by atoms with Gasteiger partial charge in [0, 0.05) is 11.3 Å². The van der Waals surface area contributed by atoms with Crippen molar-refractivity contribution in [1.82, 2.24) is 14.9 Å². The van der Waals surface area contributed by atoms with Crippen LogP contribution in [0.15, 0.2) is 78.0 Å². The molecule has 2 heterocycles. The molecule has 34 heavy (non-hydrogen) atoms. The quantitative estimate of drug-likeness (QED) is 0.393. The van der Waals surface area contributed by atoms with Crippen molar-refractivity contribution in [2.45, 2.75) is 23.4 Å². The van der Waals surface area contributed by atoms with Gasteiger partial charge in [-0.15, -0.1) is 10.2 Å². The number of anilines is 1. The molecule has 4 aromatic rings. The molecule has 1 aliphatic heterocycles. The molecule has 3 aromatic carbocycles. The number of aromatic nitrogens is 3. The second kappa shape index (κ2) is 9.40. The normalized spacial score (nSPS) is 16.9. The number of hydrogen-bond donors (Lipinski definition) is 2. The van der Waals surface area contributed by atoms with Crippen LogP contribution in [-0.2, 0) is 4.79 Å². The fourth-order valence-corrected chi connectivity index (χ4v) is 5.22. The van der Waals surface area contributed by atoms with Gasteiger partial charge in [0.05, 0.1) is 18.2 Å². The van der Waals surface area contributed by atoms with Gasteiger partial charge in [-0.25, -0.2) is 4.68 Å². The van der Waals surface area contributed by atoms with Crippen molar-refractivity contribution in [2.75, 3.05) is 17.9 Å². The molecule has 172 valence electrons. The fraction of sp³-hybridized carbons (Fsp3) is 0.160. The number of methoxy groups -OCH3 is 1. The monoisotopic (exact) mass is 491 g/mol. The smallest absolute Gasteiger partial charge is 0.240 e. The molecular weight excluding hydrogens is 470 g/mol. The number of aryl methyl sites for hydroxylation is 1. The molecule has 1 aromatic heterocycles. The summed E-state index contributed by atoms with van der Waals surface area (Å²) in [6, 6.07) is 22.6. The summed E-state index contributed by atoms with van der Waals surface area (Å²) < 4.78 is 7.15. The van der Waals surface area contributed by atoms with Gasteiger partial charge >= 0.3 is 0 Å². The van der Waals surface area contributed by atoms with Gasteiger partial charge in [-0.2, -0.15) is 0 Å². The second-order valence-electron chi connectivity index (χ2n) is 7.85. The number of para-hydroxylation sites is 1. The van der Waals surface area contributed by atoms with Crippen molar-refractivity contribution < 1.29 is 9.53 Å². The van der Waals surface area contributed by atoms with Gasteiger partial charge in [-0.3, -0.25) is 4.79 Å². The van der Waals surface area contributed by atoms with Crippen LogP contribution in [0.2, 0.25) is 5.02 Å². The number of hydrogen-bond acceptors (Lipinski definition) is 6. The predicted octanol–water partition coefficient (Wildman–Crippen LogP) is 5.31. The first-order chi connectivity index (χ1) is 16.5. The third-order valence-corrected chi connectivity index (χ3v) is 7.18. The Morgan fingerprint density at radius 2 is 1.85 bits per heavy atom. The van der Waals surface area contributed by atoms with Gasteiger partial charge in [-0.1, -0.05) is 78.0 Å². The van der Waals surface area contributed by atoms with Gasteiger partial charge in [0.25, 0.3) is 0 Å². The first-order valence-corrected chi connectivity index (χ1v) is 11.9. The summed E-state index contributed by atoms with van der Waals surface area (Å²) in [7, 11) is 1.57. The molecule has 7 nitrogen and oxygen atoms in total. The van der Waals surface area contributed by atoms with E-state index in [0.29, 0.717) is 21.8 Å². The van der Waals surface area contributed by atoms with E-state index < -0.39 is 11.3 Å². The standard InChI is InChI=1S/C25H22ClN5O2S/c1-15-8-6-7-11-19(15)27-24(32)22-21(17-12-13-20(33-2)18(26)14-17)30-31-23(28-29-25(31)34-22)16-9-4-3-5-10-16/h3-14,21-22,30H,1-2H3,(H,27,32)/t21-,22-/m1/s1. The van der Waals surface area contributed by atoms with E-state index in [2.05, 4.69) is 20.9 Å². The number of benzene rings is 3. The van der Waals surface area contributed by atoms with Crippen LogP contribution < -0.4 is 15.5 Å². The minimum atomic E-state index is -0.524. The van der Waals surface area contributed by atoms with Crippen LogP contribution in [0.3, 0.4) is 0 Å². The number of carbonyl (C=O) groups excluding carboxylic acids is 1. The number of rotatable bonds is 5. The summed E-state index contributed by atoms with van der Waals surface area (Å²) in [5.74, 6) is 1.11. The molecule has 0 unspecified atom stereocenters. The zero-order valence-electron chi connectivity index (χ0n) is 18.5. The average molecular weight is 492 g/mol. The lowest BCUT2D eigenvalue weighted by Crippen LogP contribution is -2.41. The first-order valence-electron chi connectivity index (χ1n) is 10.7. The highest BCUT2D eigenvalue weighted by Gasteiger charge is 2.38. The summed E-state index contributed by atoms with van der Waals surface area (Å²) in [5, 5.41) is 12.4. The summed E-state index contributed by atoms with van der Waals surface area (Å²) in [6.07, 6.45) is 0. The van der Waals surface area contributed by atoms with Gasteiger partial charge in [0.2, 0.25) is 11.1 Å². The van der Waals surface area contributed by atoms with Crippen LogP contribution in [0.1, 0.15) is 17.2 Å². The lowest BCUT2D eigenvalue weighted by Gasteiger charge is -2.33. The molecule has 0 aliphatic carbocycles. The fourth-order valence-electron chi connectivity index (χ4n) is 3.87. The minimum Gasteiger partial charge on any atom is -0.495 e. The number of nitrogens with zero attached hydrogens (tertiary/aromatic N) is 3. The molecule has 0 radical (unpaired) electrons. The highest BCUT2D eigenvalue weighted by atomic mass is 35.5. The van der Waals surface area contributed by atoms with Crippen LogP contribution in [0, 0.1) is 6.92 Å². The highest BCUT2D eigenvalue weighted by Crippen LogP contribution is 2.40. The van der Waals surface area contributed by atoms with E-state index in [9.17, 15) is 4.79 Å². The van der Waals surface area contributed by atoms with Crippen LogP contribution in [0.25, 0.3) is 11.4 Å². The highest BCUT2D eigenvalue weighted by molar-refractivity contribution is 8.00. The van der Waals surface area contributed by atoms with Crippen molar-refractivity contribution in [1.29, 1.82) is 0 Å². The van der Waals surface area contributed by atoms with Crippen LogP contribution >= 0.6 is 23.4 Å². The van der Waals surface area contributed by atoms with Crippen LogP contribution in [0.4, 0.5) is 5.69 Å². The molecule has 0 saturated carbocycles. The summed E-state index contributed by atoms with van der Waals surface area (Å²) in [4.78, 5) is 13.5. The van der Waals surface area contributed by atoms with Crippen molar-refractivity contribution >= 4 is 35.0 Å². The molecule has 2 atom stereocenters. The van der Waals surface area contributed by atoms with Crippen LogP contribution in [0.5, 0.6) is 5.75 Å². The number of ether oxygens (including phenoxy) is 1. The van der Waals surface area contributed by atoms with E-state index in [-0.39, 0.29) is 5.91 Å². The van der Waals surface area contributed by atoms with Crippen molar-refractivity contribution in [3.05, 3.63) is 88.9 Å². The maximum atomic E-state index is 13.5. The zero-order chi connectivity index (χ0) is 23.7.